The van der Waals surface area contributed by atoms with E-state index in [2.05, 4.69) is 0 Å². The largest absolute Gasteiger partial charge is 0.505 e. The molecule has 1 N–H and O–H groups in total. The van der Waals surface area contributed by atoms with Crippen LogP contribution in [0.2, 0.25) is 5.02 Å². The Balaban J connectivity index is 1.96. The predicted molar refractivity (Wildman–Crippen MR) is 104 cm³/mol. The zero-order chi connectivity index (χ0) is 19.3. The minimum absolute atomic E-state index is 0.0140. The van der Waals surface area contributed by atoms with E-state index in [0.29, 0.717) is 5.56 Å². The van der Waals surface area contributed by atoms with Gasteiger partial charge in [0.25, 0.3) is 10.0 Å². The highest BCUT2D eigenvalue weighted by molar-refractivity contribution is 7.89. The topological polar surface area (TPSA) is 74.7 Å². The fourth-order valence-corrected chi connectivity index (χ4v) is 4.82. The second-order valence-corrected chi connectivity index (χ2v) is 8.58. The van der Waals surface area contributed by atoms with Gasteiger partial charge in [-0.05, 0) is 35.0 Å². The first-order chi connectivity index (χ1) is 12.8. The first kappa shape index (κ1) is 17.6. The third-order valence-electron chi connectivity index (χ3n) is 4.60. The van der Waals surface area contributed by atoms with Crippen LogP contribution in [0.5, 0.6) is 0 Å². The maximum Gasteiger partial charge on any atom is 0.265 e. The molecule has 1 aliphatic rings. The molecule has 0 bridgehead atoms. The summed E-state index contributed by atoms with van der Waals surface area (Å²) >= 11 is 5.89. The van der Waals surface area contributed by atoms with Gasteiger partial charge in [-0.2, -0.15) is 0 Å². The van der Waals surface area contributed by atoms with E-state index in [4.69, 9.17) is 11.6 Å². The van der Waals surface area contributed by atoms with Crippen molar-refractivity contribution in [1.29, 1.82) is 0 Å². The molecule has 3 aromatic rings. The molecule has 136 valence electrons. The third kappa shape index (κ3) is 2.69. The van der Waals surface area contributed by atoms with Gasteiger partial charge in [0.2, 0.25) is 5.78 Å². The summed E-state index contributed by atoms with van der Waals surface area (Å²) in [5, 5.41) is 12.8. The summed E-state index contributed by atoms with van der Waals surface area (Å²) in [7, 11) is -2.77. The molecule has 27 heavy (non-hydrogen) atoms. The number of carbonyl (C=O) groups is 1. The fourth-order valence-electron chi connectivity index (χ4n) is 3.17. The second kappa shape index (κ2) is 6.11. The van der Waals surface area contributed by atoms with Crippen LogP contribution in [0.25, 0.3) is 16.5 Å². The molecule has 5 nitrogen and oxygen atoms in total. The number of rotatable bonds is 1. The summed E-state index contributed by atoms with van der Waals surface area (Å²) in [6.45, 7) is 0. The highest BCUT2D eigenvalue weighted by atomic mass is 35.5. The molecule has 3 aromatic carbocycles. The second-order valence-electron chi connectivity index (χ2n) is 6.20. The molecule has 0 amide bonds. The van der Waals surface area contributed by atoms with E-state index in [1.54, 1.807) is 18.2 Å². The first-order valence-corrected chi connectivity index (χ1v) is 9.88. The van der Waals surface area contributed by atoms with Gasteiger partial charge in [-0.15, -0.1) is 0 Å². The lowest BCUT2D eigenvalue weighted by molar-refractivity contribution is 0.100. The molecule has 0 aromatic heterocycles. The normalized spacial score (nSPS) is 17.7. The number of benzene rings is 3. The smallest absolute Gasteiger partial charge is 0.265 e. The summed E-state index contributed by atoms with van der Waals surface area (Å²) in [5.41, 5.74) is 0.0523. The van der Waals surface area contributed by atoms with Crippen LogP contribution >= 0.6 is 11.6 Å². The van der Waals surface area contributed by atoms with Crippen LogP contribution in [0.3, 0.4) is 0 Å². The predicted octanol–water partition coefficient (Wildman–Crippen LogP) is 4.24. The van der Waals surface area contributed by atoms with Crippen molar-refractivity contribution in [2.45, 2.75) is 4.90 Å². The van der Waals surface area contributed by atoms with Gasteiger partial charge in [0, 0.05) is 23.2 Å². The van der Waals surface area contributed by atoms with Crippen molar-refractivity contribution >= 4 is 43.9 Å². The quantitative estimate of drug-likeness (QED) is 0.490. The van der Waals surface area contributed by atoms with Gasteiger partial charge in [0.1, 0.15) is 10.6 Å². The van der Waals surface area contributed by atoms with Crippen molar-refractivity contribution in [1.82, 2.24) is 4.31 Å². The number of halogens is 1. The molecular formula is C20H14ClNO4S. The lowest BCUT2D eigenvalue weighted by Gasteiger charge is -2.28. The van der Waals surface area contributed by atoms with E-state index in [0.717, 1.165) is 15.1 Å². The Morgan fingerprint density at radius 3 is 2.44 bits per heavy atom. The molecule has 1 aliphatic heterocycles. The standard InChI is InChI=1S/C20H14ClNO4S/c1-22-18(19(23)14-7-6-12-4-2-3-5-13(12)10-14)20(24)16-9-8-15(21)11-17(16)27(22,25)26/h2-11,23H,1H3. The van der Waals surface area contributed by atoms with E-state index in [1.807, 2.05) is 24.3 Å². The van der Waals surface area contributed by atoms with E-state index in [-0.39, 0.29) is 21.2 Å². The zero-order valence-corrected chi connectivity index (χ0v) is 15.8. The number of fused-ring (bicyclic) bond motifs is 2. The van der Waals surface area contributed by atoms with Crippen LogP contribution < -0.4 is 0 Å². The van der Waals surface area contributed by atoms with Gasteiger partial charge >= 0.3 is 0 Å². The third-order valence-corrected chi connectivity index (χ3v) is 6.64. The molecule has 0 saturated carbocycles. The van der Waals surface area contributed by atoms with E-state index in [1.165, 1.54) is 25.2 Å². The summed E-state index contributed by atoms with van der Waals surface area (Å²) in [4.78, 5) is 12.8. The Morgan fingerprint density at radius 1 is 1.00 bits per heavy atom. The molecule has 0 unspecified atom stereocenters. The van der Waals surface area contributed by atoms with Crippen LogP contribution in [-0.4, -0.2) is 30.7 Å². The average Bonchev–Trinajstić information content (AvgIpc) is 2.66. The molecule has 4 rings (SSSR count). The number of sulfonamides is 1. The lowest BCUT2D eigenvalue weighted by Crippen LogP contribution is -2.37. The number of Topliss-reactive ketones (excluding diaryl/α,β-unsaturated/α-hetero) is 1. The van der Waals surface area contributed by atoms with Gasteiger partial charge in [0.05, 0.1) is 0 Å². The molecule has 0 aliphatic carbocycles. The molecule has 0 atom stereocenters. The maximum atomic E-state index is 12.9. The number of hydrogen-bond acceptors (Lipinski definition) is 4. The summed E-state index contributed by atoms with van der Waals surface area (Å²) in [6, 6.07) is 16.8. The number of ketones is 1. The SMILES string of the molecule is CN1C(=C(O)c2ccc3ccccc3c2)C(=O)c2ccc(Cl)cc2S1(=O)=O. The average molecular weight is 400 g/mol. The van der Waals surface area contributed by atoms with E-state index >= 15 is 0 Å². The Hall–Kier alpha value is -2.83. The van der Waals surface area contributed by atoms with Crippen LogP contribution in [-0.2, 0) is 10.0 Å². The Bertz CT molecular complexity index is 1250. The number of aliphatic hydroxyl groups is 1. The Labute approximate surface area is 161 Å². The van der Waals surface area contributed by atoms with Crippen molar-refractivity contribution in [3.63, 3.8) is 0 Å². The Kier molecular flexibility index (Phi) is 3.98. The van der Waals surface area contributed by atoms with Crippen LogP contribution in [0, 0.1) is 0 Å². The molecule has 7 heteroatoms. The number of aliphatic hydroxyl groups excluding tert-OH is 1. The fraction of sp³-hybridized carbons (Fsp3) is 0.0500. The van der Waals surface area contributed by atoms with Crippen molar-refractivity contribution in [3.05, 3.63) is 82.5 Å². The molecule has 0 saturated heterocycles. The first-order valence-electron chi connectivity index (χ1n) is 8.06. The molecular weight excluding hydrogens is 386 g/mol. The van der Waals surface area contributed by atoms with Crippen molar-refractivity contribution in [3.8, 4) is 0 Å². The number of allylic oxidation sites excluding steroid dienone is 1. The Morgan fingerprint density at radius 2 is 1.70 bits per heavy atom. The number of carbonyl (C=O) groups excluding carboxylic acids is 1. The van der Waals surface area contributed by atoms with Gasteiger partial charge in [0.15, 0.2) is 5.76 Å². The molecule has 0 fully saturated rings. The van der Waals surface area contributed by atoms with Gasteiger partial charge in [-0.25, -0.2) is 8.42 Å². The van der Waals surface area contributed by atoms with Crippen LogP contribution in [0.4, 0.5) is 0 Å². The lowest BCUT2D eigenvalue weighted by atomic mass is 10.0. The van der Waals surface area contributed by atoms with E-state index in [9.17, 15) is 18.3 Å². The molecule has 0 spiro atoms. The van der Waals surface area contributed by atoms with Crippen molar-refractivity contribution in [2.75, 3.05) is 7.05 Å². The van der Waals surface area contributed by atoms with Crippen molar-refractivity contribution < 1.29 is 18.3 Å². The van der Waals surface area contributed by atoms with Crippen molar-refractivity contribution in [2.24, 2.45) is 0 Å². The highest BCUT2D eigenvalue weighted by Gasteiger charge is 2.39. The van der Waals surface area contributed by atoms with Gasteiger partial charge in [-0.1, -0.05) is 48.0 Å². The van der Waals surface area contributed by atoms with E-state index < -0.39 is 21.6 Å². The molecule has 0 radical (unpaired) electrons. The molecule has 1 heterocycles. The minimum atomic E-state index is -4.01. The monoisotopic (exact) mass is 399 g/mol. The van der Waals surface area contributed by atoms with Crippen LogP contribution in [0.15, 0.2) is 71.3 Å². The summed E-state index contributed by atoms with van der Waals surface area (Å²) < 4.78 is 26.5. The van der Waals surface area contributed by atoms with Gasteiger partial charge < -0.3 is 5.11 Å². The number of hydrogen-bond donors (Lipinski definition) is 1. The maximum absolute atomic E-state index is 12.9. The summed E-state index contributed by atoms with van der Waals surface area (Å²) in [6.07, 6.45) is 0. The number of nitrogens with zero attached hydrogens (tertiary/aromatic N) is 1. The zero-order valence-electron chi connectivity index (χ0n) is 14.2. The summed E-state index contributed by atoms with van der Waals surface area (Å²) in [5.74, 6) is -0.970. The van der Waals surface area contributed by atoms with Crippen LogP contribution in [0.1, 0.15) is 15.9 Å². The highest BCUT2D eigenvalue weighted by Crippen LogP contribution is 2.35. The van der Waals surface area contributed by atoms with Gasteiger partial charge in [-0.3, -0.25) is 9.10 Å². The minimum Gasteiger partial charge on any atom is -0.505 e. The number of likely N-dealkylation sites (N-methyl/N-ethyl adjacent to an activating group) is 1.